The van der Waals surface area contributed by atoms with E-state index in [0.29, 0.717) is 5.13 Å². The van der Waals surface area contributed by atoms with Gasteiger partial charge in [-0.3, -0.25) is 0 Å². The minimum absolute atomic E-state index is 0.0855. The lowest BCUT2D eigenvalue weighted by atomic mass is 9.98. The lowest BCUT2D eigenvalue weighted by Gasteiger charge is -2.12. The first kappa shape index (κ1) is 16.8. The number of nitrogens with zero attached hydrogens (tertiary/aromatic N) is 2. The molecule has 0 unspecified atom stereocenters. The number of halogens is 1. The second kappa shape index (κ2) is 6.29. The average molecular weight is 343 g/mol. The zero-order valence-corrected chi connectivity index (χ0v) is 14.3. The maximum Gasteiger partial charge on any atom is 0.205 e. The summed E-state index contributed by atoms with van der Waals surface area (Å²) in [5, 5.41) is 12.5. The van der Waals surface area contributed by atoms with Crippen molar-refractivity contribution in [2.45, 2.75) is 31.1 Å². The normalized spacial score (nSPS) is 12.4. The average Bonchev–Trinajstić information content (AvgIpc) is 2.88. The van der Waals surface area contributed by atoms with Gasteiger partial charge in [-0.1, -0.05) is 32.1 Å². The summed E-state index contributed by atoms with van der Waals surface area (Å²) in [6.45, 7) is 6.33. The fourth-order valence-electron chi connectivity index (χ4n) is 1.65. The van der Waals surface area contributed by atoms with E-state index in [1.165, 1.54) is 23.5 Å². The van der Waals surface area contributed by atoms with Gasteiger partial charge in [-0.25, -0.2) is 12.8 Å². The highest BCUT2D eigenvalue weighted by Gasteiger charge is 2.20. The van der Waals surface area contributed by atoms with Crippen LogP contribution in [-0.4, -0.2) is 30.9 Å². The second-order valence-corrected chi connectivity index (χ2v) is 8.95. The molecule has 0 bridgehead atoms. The van der Waals surface area contributed by atoms with Crippen molar-refractivity contribution in [3.8, 4) is 0 Å². The molecule has 1 N–H and O–H groups in total. The molecule has 5 nitrogen and oxygen atoms in total. The Labute approximate surface area is 133 Å². The molecule has 0 aliphatic rings. The van der Waals surface area contributed by atoms with Crippen LogP contribution in [0.3, 0.4) is 0 Å². The number of benzene rings is 1. The van der Waals surface area contributed by atoms with Crippen LogP contribution in [0.4, 0.5) is 9.52 Å². The Kier molecular flexibility index (Phi) is 4.81. The molecule has 0 atom stereocenters. The van der Waals surface area contributed by atoms with Gasteiger partial charge in [0.05, 0.1) is 10.6 Å². The van der Waals surface area contributed by atoms with E-state index >= 15 is 0 Å². The van der Waals surface area contributed by atoms with Crippen LogP contribution in [0.2, 0.25) is 0 Å². The van der Waals surface area contributed by atoms with Gasteiger partial charge in [0.1, 0.15) is 10.8 Å². The van der Waals surface area contributed by atoms with E-state index in [1.807, 2.05) is 20.8 Å². The van der Waals surface area contributed by atoms with Gasteiger partial charge < -0.3 is 5.32 Å². The highest BCUT2D eigenvalue weighted by Crippen LogP contribution is 2.27. The maximum atomic E-state index is 12.8. The molecule has 120 valence electrons. The highest BCUT2D eigenvalue weighted by molar-refractivity contribution is 7.91. The molecule has 8 heteroatoms. The fraction of sp³-hybridized carbons (Fsp3) is 0.429. The number of rotatable bonds is 5. The Morgan fingerprint density at radius 2 is 1.82 bits per heavy atom. The van der Waals surface area contributed by atoms with E-state index in [0.717, 1.165) is 17.1 Å². The molecule has 0 saturated carbocycles. The second-order valence-electron chi connectivity index (χ2n) is 5.86. The topological polar surface area (TPSA) is 72.0 Å². The Morgan fingerprint density at radius 1 is 1.18 bits per heavy atom. The zero-order chi connectivity index (χ0) is 16.4. The van der Waals surface area contributed by atoms with Crippen LogP contribution in [0.5, 0.6) is 0 Å². The van der Waals surface area contributed by atoms with Gasteiger partial charge in [-0.15, -0.1) is 10.2 Å². The lowest BCUT2D eigenvalue weighted by molar-refractivity contribution is 0.578. The van der Waals surface area contributed by atoms with E-state index in [4.69, 9.17) is 0 Å². The van der Waals surface area contributed by atoms with E-state index < -0.39 is 15.7 Å². The van der Waals surface area contributed by atoms with Crippen molar-refractivity contribution in [3.05, 3.63) is 35.1 Å². The lowest BCUT2D eigenvalue weighted by Crippen LogP contribution is -2.15. The summed E-state index contributed by atoms with van der Waals surface area (Å²) in [5.74, 6) is -0.552. The summed E-state index contributed by atoms with van der Waals surface area (Å²) in [6, 6.07) is 4.82. The predicted octanol–water partition coefficient (Wildman–Crippen LogP) is 2.86. The summed E-state index contributed by atoms with van der Waals surface area (Å²) < 4.78 is 37.0. The number of anilines is 1. The maximum absolute atomic E-state index is 12.8. The molecule has 0 aliphatic carbocycles. The van der Waals surface area contributed by atoms with Crippen LogP contribution in [0.25, 0.3) is 0 Å². The standard InChI is InChI=1S/C14H18FN3O2S2/c1-14(2,3)12-17-18-13(21-12)16-8-9-22(19,20)11-6-4-10(15)5-7-11/h4-7H,8-9H2,1-3H3,(H,16,18). The molecule has 2 rings (SSSR count). The molecule has 22 heavy (non-hydrogen) atoms. The zero-order valence-electron chi connectivity index (χ0n) is 12.6. The predicted molar refractivity (Wildman–Crippen MR) is 85.6 cm³/mol. The Morgan fingerprint density at radius 3 is 2.36 bits per heavy atom. The van der Waals surface area contributed by atoms with Crippen molar-refractivity contribution in [2.24, 2.45) is 0 Å². The van der Waals surface area contributed by atoms with Gasteiger partial charge in [0.15, 0.2) is 9.84 Å². The molecule has 0 saturated heterocycles. The van der Waals surface area contributed by atoms with Gasteiger partial charge >= 0.3 is 0 Å². The number of sulfone groups is 1. The minimum atomic E-state index is -3.44. The van der Waals surface area contributed by atoms with Crippen molar-refractivity contribution in [2.75, 3.05) is 17.6 Å². The van der Waals surface area contributed by atoms with Crippen molar-refractivity contribution < 1.29 is 12.8 Å². The number of aromatic nitrogens is 2. The quantitative estimate of drug-likeness (QED) is 0.845. The number of hydrogen-bond donors (Lipinski definition) is 1. The van der Waals surface area contributed by atoms with Crippen LogP contribution >= 0.6 is 11.3 Å². The molecule has 0 fully saturated rings. The molecule has 0 radical (unpaired) electrons. The Hall–Kier alpha value is -1.54. The molecule has 1 aromatic carbocycles. The molecule has 0 amide bonds. The van der Waals surface area contributed by atoms with E-state index in [2.05, 4.69) is 15.5 Å². The van der Waals surface area contributed by atoms with Crippen molar-refractivity contribution in [1.82, 2.24) is 10.2 Å². The summed E-state index contributed by atoms with van der Waals surface area (Å²) in [6.07, 6.45) is 0. The van der Waals surface area contributed by atoms with Crippen LogP contribution in [0.15, 0.2) is 29.2 Å². The number of nitrogens with one attached hydrogen (secondary N) is 1. The first-order valence-corrected chi connectivity index (χ1v) is 9.21. The van der Waals surface area contributed by atoms with E-state index in [9.17, 15) is 12.8 Å². The first-order chi connectivity index (χ1) is 10.2. The third-order valence-corrected chi connectivity index (χ3v) is 5.93. The van der Waals surface area contributed by atoms with Crippen LogP contribution in [0, 0.1) is 5.82 Å². The third-order valence-electron chi connectivity index (χ3n) is 2.89. The Balaban J connectivity index is 1.95. The molecule has 2 aromatic rings. The molecular formula is C14H18FN3O2S2. The van der Waals surface area contributed by atoms with Crippen molar-refractivity contribution in [3.63, 3.8) is 0 Å². The monoisotopic (exact) mass is 343 g/mol. The molecule has 1 aromatic heterocycles. The SMILES string of the molecule is CC(C)(C)c1nnc(NCCS(=O)(=O)c2ccc(F)cc2)s1. The molecular weight excluding hydrogens is 325 g/mol. The van der Waals surface area contributed by atoms with Gasteiger partial charge in [0, 0.05) is 12.0 Å². The van der Waals surface area contributed by atoms with Gasteiger partial charge in [-0.05, 0) is 24.3 Å². The van der Waals surface area contributed by atoms with Crippen molar-refractivity contribution >= 4 is 26.3 Å². The van der Waals surface area contributed by atoms with Crippen LogP contribution < -0.4 is 5.32 Å². The van der Waals surface area contributed by atoms with Gasteiger partial charge in [-0.2, -0.15) is 0 Å². The summed E-state index contributed by atoms with van der Waals surface area (Å²) in [7, 11) is -3.44. The van der Waals surface area contributed by atoms with E-state index in [1.54, 1.807) is 0 Å². The largest absolute Gasteiger partial charge is 0.359 e. The van der Waals surface area contributed by atoms with Crippen LogP contribution in [0.1, 0.15) is 25.8 Å². The van der Waals surface area contributed by atoms with Crippen LogP contribution in [-0.2, 0) is 15.3 Å². The van der Waals surface area contributed by atoms with Gasteiger partial charge in [0.2, 0.25) is 5.13 Å². The fourth-order valence-corrected chi connectivity index (χ4v) is 3.63. The Bertz CT molecular complexity index is 734. The molecule has 1 heterocycles. The summed E-state index contributed by atoms with van der Waals surface area (Å²) in [4.78, 5) is 0.114. The summed E-state index contributed by atoms with van der Waals surface area (Å²) in [5.41, 5.74) is -0.0855. The number of hydrogen-bond acceptors (Lipinski definition) is 6. The minimum Gasteiger partial charge on any atom is -0.359 e. The van der Waals surface area contributed by atoms with Gasteiger partial charge in [0.25, 0.3) is 0 Å². The smallest absolute Gasteiger partial charge is 0.205 e. The highest BCUT2D eigenvalue weighted by atomic mass is 32.2. The first-order valence-electron chi connectivity index (χ1n) is 6.75. The van der Waals surface area contributed by atoms with E-state index in [-0.39, 0.29) is 22.6 Å². The van der Waals surface area contributed by atoms with Crippen molar-refractivity contribution in [1.29, 1.82) is 0 Å². The molecule has 0 spiro atoms. The summed E-state index contributed by atoms with van der Waals surface area (Å²) >= 11 is 1.41. The molecule has 0 aliphatic heterocycles. The third kappa shape index (κ3) is 4.23.